The minimum absolute atomic E-state index is 0.0194. The number of halogens is 2. The van der Waals surface area contributed by atoms with Crippen LogP contribution in [0.2, 0.25) is 0 Å². The Balaban J connectivity index is 1.45. The van der Waals surface area contributed by atoms with Crippen LogP contribution in [0.5, 0.6) is 5.75 Å². The Kier molecular flexibility index (Phi) is 4.84. The maximum Gasteiger partial charge on any atom is 0.264 e. The second-order valence-electron chi connectivity index (χ2n) is 7.91. The van der Waals surface area contributed by atoms with Gasteiger partial charge in [0.2, 0.25) is 0 Å². The highest BCUT2D eigenvalue weighted by Crippen LogP contribution is 2.48. The lowest BCUT2D eigenvalue weighted by Crippen LogP contribution is -2.35. The molecule has 1 saturated carbocycles. The smallest absolute Gasteiger partial charge is 0.264 e. The van der Waals surface area contributed by atoms with E-state index in [1.807, 2.05) is 12.1 Å². The fourth-order valence-electron chi connectivity index (χ4n) is 3.84. The summed E-state index contributed by atoms with van der Waals surface area (Å²) in [5.74, 6) is -1.65. The van der Waals surface area contributed by atoms with Gasteiger partial charge in [0.15, 0.2) is 6.61 Å². The standard InChI is InChI=1S/C24H19F2N3O3/c1-29-19-9-15(16(13-5-6-13)10-20(19)32-12-22(29)30)14-7-8-21(27-11-14)28-24(31)23-17(25)3-2-4-18(23)26/h2-4,7-11,13H,5-6,12H2,1H3,(H,27,28,31). The number of anilines is 2. The zero-order valence-electron chi connectivity index (χ0n) is 17.2. The highest BCUT2D eigenvalue weighted by Gasteiger charge is 2.31. The highest BCUT2D eigenvalue weighted by atomic mass is 19.1. The number of nitrogens with zero attached hydrogens (tertiary/aromatic N) is 2. The first kappa shape index (κ1) is 20.1. The summed E-state index contributed by atoms with van der Waals surface area (Å²) in [7, 11) is 1.71. The van der Waals surface area contributed by atoms with Gasteiger partial charge in [-0.25, -0.2) is 13.8 Å². The third kappa shape index (κ3) is 3.57. The Morgan fingerprint density at radius 1 is 1.16 bits per heavy atom. The number of carbonyl (C=O) groups excluding carboxylic acids is 2. The lowest BCUT2D eigenvalue weighted by molar-refractivity contribution is -0.120. The predicted octanol–water partition coefficient (Wildman–Crippen LogP) is 4.51. The van der Waals surface area contributed by atoms with E-state index in [0.717, 1.165) is 41.7 Å². The van der Waals surface area contributed by atoms with E-state index in [2.05, 4.69) is 10.3 Å². The minimum atomic E-state index is -0.942. The number of aromatic nitrogens is 1. The van der Waals surface area contributed by atoms with Gasteiger partial charge in [0, 0.05) is 18.8 Å². The van der Waals surface area contributed by atoms with E-state index in [-0.39, 0.29) is 18.3 Å². The van der Waals surface area contributed by atoms with Gasteiger partial charge in [-0.2, -0.15) is 0 Å². The molecule has 2 amide bonds. The predicted molar refractivity (Wildman–Crippen MR) is 115 cm³/mol. The molecule has 0 saturated heterocycles. The summed E-state index contributed by atoms with van der Waals surface area (Å²) in [6.07, 6.45) is 3.75. The van der Waals surface area contributed by atoms with E-state index < -0.39 is 23.1 Å². The Hall–Kier alpha value is -3.81. The molecule has 2 aliphatic rings. The van der Waals surface area contributed by atoms with Crippen LogP contribution >= 0.6 is 0 Å². The van der Waals surface area contributed by atoms with Gasteiger partial charge >= 0.3 is 0 Å². The van der Waals surface area contributed by atoms with Gasteiger partial charge in [0.1, 0.15) is 28.8 Å². The van der Waals surface area contributed by atoms with E-state index >= 15 is 0 Å². The van der Waals surface area contributed by atoms with E-state index in [9.17, 15) is 18.4 Å². The van der Waals surface area contributed by atoms with Crippen LogP contribution < -0.4 is 15.0 Å². The number of hydrogen-bond acceptors (Lipinski definition) is 4. The van der Waals surface area contributed by atoms with Crippen molar-refractivity contribution in [3.8, 4) is 16.9 Å². The molecule has 0 atom stereocenters. The Labute approximate surface area is 182 Å². The number of carbonyl (C=O) groups is 2. The lowest BCUT2D eigenvalue weighted by atomic mass is 9.96. The van der Waals surface area contributed by atoms with Crippen LogP contribution in [0.15, 0.2) is 48.7 Å². The first-order valence-electron chi connectivity index (χ1n) is 10.2. The summed E-state index contributed by atoms with van der Waals surface area (Å²) in [5.41, 5.74) is 2.89. The number of fused-ring (bicyclic) bond motifs is 1. The molecule has 1 N–H and O–H groups in total. The number of pyridine rings is 1. The number of hydrogen-bond donors (Lipinski definition) is 1. The van der Waals surface area contributed by atoms with Crippen molar-refractivity contribution in [2.24, 2.45) is 0 Å². The molecular formula is C24H19F2N3O3. The summed E-state index contributed by atoms with van der Waals surface area (Å²) in [6.45, 7) is 0.0194. The first-order chi connectivity index (χ1) is 15.4. The van der Waals surface area contributed by atoms with Crippen LogP contribution in [0.25, 0.3) is 11.1 Å². The largest absolute Gasteiger partial charge is 0.482 e. The average molecular weight is 435 g/mol. The first-order valence-corrected chi connectivity index (χ1v) is 10.2. The number of amides is 2. The van der Waals surface area contributed by atoms with Crippen molar-refractivity contribution in [3.05, 3.63) is 71.4 Å². The second-order valence-corrected chi connectivity index (χ2v) is 7.91. The number of benzene rings is 2. The van der Waals surface area contributed by atoms with Crippen molar-refractivity contribution in [3.63, 3.8) is 0 Å². The van der Waals surface area contributed by atoms with Crippen LogP contribution in [-0.2, 0) is 4.79 Å². The molecule has 0 spiro atoms. The number of likely N-dealkylation sites (N-methyl/N-ethyl adjacent to an activating group) is 1. The molecule has 1 aliphatic heterocycles. The third-order valence-corrected chi connectivity index (χ3v) is 5.74. The van der Waals surface area contributed by atoms with Gasteiger partial charge in [-0.05, 0) is 66.3 Å². The molecule has 162 valence electrons. The minimum Gasteiger partial charge on any atom is -0.482 e. The lowest BCUT2D eigenvalue weighted by Gasteiger charge is -2.27. The molecule has 6 nitrogen and oxygen atoms in total. The summed E-state index contributed by atoms with van der Waals surface area (Å²) >= 11 is 0. The topological polar surface area (TPSA) is 71.5 Å². The van der Waals surface area contributed by atoms with Crippen molar-refractivity contribution >= 4 is 23.3 Å². The summed E-state index contributed by atoms with van der Waals surface area (Å²) in [6, 6.07) is 10.5. The van der Waals surface area contributed by atoms with Crippen molar-refractivity contribution in [2.75, 3.05) is 23.9 Å². The summed E-state index contributed by atoms with van der Waals surface area (Å²) in [4.78, 5) is 30.2. The second kappa shape index (κ2) is 7.71. The molecule has 0 bridgehead atoms. The van der Waals surface area contributed by atoms with Crippen LogP contribution in [-0.4, -0.2) is 30.5 Å². The molecule has 0 radical (unpaired) electrons. The summed E-state index contributed by atoms with van der Waals surface area (Å²) in [5, 5.41) is 2.43. The normalized spacial score (nSPS) is 15.2. The van der Waals surface area contributed by atoms with Crippen LogP contribution in [0.1, 0.15) is 34.7 Å². The van der Waals surface area contributed by atoms with Crippen molar-refractivity contribution in [2.45, 2.75) is 18.8 Å². The Bertz CT molecular complexity index is 1220. The SMILES string of the molecule is CN1C(=O)COc2cc(C3CC3)c(-c3ccc(NC(=O)c4c(F)cccc4F)nc3)cc21. The van der Waals surface area contributed by atoms with Crippen LogP contribution in [0.4, 0.5) is 20.3 Å². The van der Waals surface area contributed by atoms with Crippen LogP contribution in [0, 0.1) is 11.6 Å². The molecule has 2 aromatic carbocycles. The molecule has 8 heteroatoms. The zero-order chi connectivity index (χ0) is 22.4. The van der Waals surface area contributed by atoms with Crippen molar-refractivity contribution in [1.82, 2.24) is 4.98 Å². The molecule has 5 rings (SSSR count). The van der Waals surface area contributed by atoms with E-state index in [1.165, 1.54) is 6.07 Å². The van der Waals surface area contributed by atoms with Gasteiger partial charge in [-0.3, -0.25) is 9.59 Å². The summed E-state index contributed by atoms with van der Waals surface area (Å²) < 4.78 is 33.3. The Morgan fingerprint density at radius 3 is 2.56 bits per heavy atom. The Morgan fingerprint density at radius 2 is 1.91 bits per heavy atom. The molecule has 1 aromatic heterocycles. The monoisotopic (exact) mass is 435 g/mol. The highest BCUT2D eigenvalue weighted by molar-refractivity contribution is 6.04. The maximum atomic E-state index is 13.9. The van der Waals surface area contributed by atoms with Gasteiger partial charge in [-0.1, -0.05) is 6.07 Å². The molecule has 3 aromatic rings. The molecule has 0 unspecified atom stereocenters. The molecule has 2 heterocycles. The van der Waals surface area contributed by atoms with Gasteiger partial charge in [0.05, 0.1) is 5.69 Å². The molecule has 32 heavy (non-hydrogen) atoms. The van der Waals surface area contributed by atoms with Crippen molar-refractivity contribution in [1.29, 1.82) is 0 Å². The van der Waals surface area contributed by atoms with E-state index in [1.54, 1.807) is 30.3 Å². The maximum absolute atomic E-state index is 13.9. The van der Waals surface area contributed by atoms with Crippen molar-refractivity contribution < 1.29 is 23.1 Å². The molecular weight excluding hydrogens is 416 g/mol. The van der Waals surface area contributed by atoms with E-state index in [4.69, 9.17) is 4.74 Å². The van der Waals surface area contributed by atoms with Crippen LogP contribution in [0.3, 0.4) is 0 Å². The van der Waals surface area contributed by atoms with Gasteiger partial charge in [0.25, 0.3) is 11.8 Å². The third-order valence-electron chi connectivity index (χ3n) is 5.74. The fourth-order valence-corrected chi connectivity index (χ4v) is 3.84. The van der Waals surface area contributed by atoms with Gasteiger partial charge in [-0.15, -0.1) is 0 Å². The fraction of sp³-hybridized carbons (Fsp3) is 0.208. The van der Waals surface area contributed by atoms with Gasteiger partial charge < -0.3 is 15.0 Å². The number of rotatable bonds is 4. The molecule has 1 aliphatic carbocycles. The van der Waals surface area contributed by atoms with E-state index in [0.29, 0.717) is 17.4 Å². The quantitative estimate of drug-likeness (QED) is 0.655. The number of nitrogens with one attached hydrogen (secondary N) is 1. The average Bonchev–Trinajstić information content (AvgIpc) is 3.62. The zero-order valence-corrected chi connectivity index (χ0v) is 17.2. The molecule has 1 fully saturated rings. The number of ether oxygens (including phenoxy) is 1.